The van der Waals surface area contributed by atoms with Crippen molar-refractivity contribution in [2.45, 2.75) is 4.90 Å². The molecule has 0 aliphatic heterocycles. The van der Waals surface area contributed by atoms with Crippen molar-refractivity contribution in [1.29, 1.82) is 0 Å². The average molecular weight is 266 g/mol. The number of carbonyl (C=O) groups excluding carboxylic acids is 1. The standard InChI is InChI=1S/C10H10N4OS2/c1-16-7-4-2-3-6(5-7)12-8(15)9-13-14-10(11)17-9/h2-5H,1H3,(H2,11,14)(H,12,15). The van der Waals surface area contributed by atoms with Gasteiger partial charge in [0.1, 0.15) is 0 Å². The minimum atomic E-state index is -0.294. The van der Waals surface area contributed by atoms with Crippen molar-refractivity contribution in [3.8, 4) is 0 Å². The summed E-state index contributed by atoms with van der Waals surface area (Å²) in [7, 11) is 0. The van der Waals surface area contributed by atoms with Crippen LogP contribution in [0.15, 0.2) is 29.2 Å². The SMILES string of the molecule is CSc1cccc(NC(=O)c2nnc(N)s2)c1. The molecule has 3 N–H and O–H groups in total. The van der Waals surface area contributed by atoms with Gasteiger partial charge in [0.15, 0.2) is 0 Å². The van der Waals surface area contributed by atoms with Crippen LogP contribution in [0.4, 0.5) is 10.8 Å². The van der Waals surface area contributed by atoms with Gasteiger partial charge in [0, 0.05) is 10.6 Å². The number of carbonyl (C=O) groups is 1. The molecule has 0 fully saturated rings. The Balaban J connectivity index is 2.12. The summed E-state index contributed by atoms with van der Waals surface area (Å²) >= 11 is 2.68. The molecule has 1 heterocycles. The second-order valence-corrected chi connectivity index (χ2v) is 5.02. The van der Waals surface area contributed by atoms with Crippen LogP contribution < -0.4 is 11.1 Å². The van der Waals surface area contributed by atoms with Gasteiger partial charge in [0.2, 0.25) is 10.1 Å². The fraction of sp³-hybridized carbons (Fsp3) is 0.100. The molecule has 0 aliphatic carbocycles. The van der Waals surface area contributed by atoms with E-state index in [9.17, 15) is 4.79 Å². The predicted octanol–water partition coefficient (Wildman–Crippen LogP) is 2.09. The van der Waals surface area contributed by atoms with Crippen molar-refractivity contribution in [2.24, 2.45) is 0 Å². The molecule has 5 nitrogen and oxygen atoms in total. The Morgan fingerprint density at radius 1 is 1.47 bits per heavy atom. The zero-order chi connectivity index (χ0) is 12.3. The molecule has 7 heteroatoms. The molecule has 0 radical (unpaired) electrons. The molecule has 0 unspecified atom stereocenters. The number of rotatable bonds is 3. The molecule has 2 rings (SSSR count). The highest BCUT2D eigenvalue weighted by Gasteiger charge is 2.11. The fourth-order valence-corrected chi connectivity index (χ4v) is 2.18. The van der Waals surface area contributed by atoms with Crippen molar-refractivity contribution in [2.75, 3.05) is 17.3 Å². The number of benzene rings is 1. The summed E-state index contributed by atoms with van der Waals surface area (Å²) in [5.74, 6) is -0.294. The Kier molecular flexibility index (Phi) is 3.60. The number of nitrogen functional groups attached to an aromatic ring is 1. The summed E-state index contributed by atoms with van der Waals surface area (Å²) in [6, 6.07) is 7.58. The number of hydrogen-bond donors (Lipinski definition) is 2. The number of nitrogens with one attached hydrogen (secondary N) is 1. The van der Waals surface area contributed by atoms with Crippen LogP contribution in [0.5, 0.6) is 0 Å². The largest absolute Gasteiger partial charge is 0.374 e. The first-order chi connectivity index (χ1) is 8.19. The summed E-state index contributed by atoms with van der Waals surface area (Å²) in [5.41, 5.74) is 6.15. The zero-order valence-electron chi connectivity index (χ0n) is 9.01. The number of amides is 1. The molecular formula is C10H10N4OS2. The van der Waals surface area contributed by atoms with E-state index in [2.05, 4.69) is 15.5 Å². The molecule has 2 aromatic rings. The molecule has 1 amide bonds. The van der Waals surface area contributed by atoms with Gasteiger partial charge < -0.3 is 11.1 Å². The van der Waals surface area contributed by atoms with Gasteiger partial charge in [-0.15, -0.1) is 22.0 Å². The summed E-state index contributed by atoms with van der Waals surface area (Å²) in [4.78, 5) is 12.8. The monoisotopic (exact) mass is 266 g/mol. The fourth-order valence-electron chi connectivity index (χ4n) is 1.21. The summed E-state index contributed by atoms with van der Waals surface area (Å²) in [6.07, 6.45) is 1.98. The summed E-state index contributed by atoms with van der Waals surface area (Å²) in [6.45, 7) is 0. The lowest BCUT2D eigenvalue weighted by Gasteiger charge is -2.03. The van der Waals surface area contributed by atoms with Crippen LogP contribution in [0.1, 0.15) is 9.80 Å². The van der Waals surface area contributed by atoms with E-state index in [-0.39, 0.29) is 16.0 Å². The van der Waals surface area contributed by atoms with Crippen molar-refractivity contribution in [3.05, 3.63) is 29.3 Å². The van der Waals surface area contributed by atoms with E-state index in [4.69, 9.17) is 5.73 Å². The number of thioether (sulfide) groups is 1. The van der Waals surface area contributed by atoms with Crippen LogP contribution in [0.3, 0.4) is 0 Å². The van der Waals surface area contributed by atoms with Crippen LogP contribution in [0.2, 0.25) is 0 Å². The Hall–Kier alpha value is -1.60. The normalized spacial score (nSPS) is 10.2. The van der Waals surface area contributed by atoms with E-state index in [1.54, 1.807) is 11.8 Å². The van der Waals surface area contributed by atoms with Gasteiger partial charge in [0.05, 0.1) is 0 Å². The van der Waals surface area contributed by atoms with Gasteiger partial charge >= 0.3 is 0 Å². The number of nitrogens with zero attached hydrogens (tertiary/aromatic N) is 2. The zero-order valence-corrected chi connectivity index (χ0v) is 10.6. The molecule has 88 valence electrons. The predicted molar refractivity (Wildman–Crippen MR) is 70.5 cm³/mol. The second kappa shape index (κ2) is 5.15. The maximum absolute atomic E-state index is 11.8. The maximum atomic E-state index is 11.8. The summed E-state index contributed by atoms with van der Waals surface area (Å²) < 4.78 is 0. The Labute approximate surface area is 106 Å². The summed E-state index contributed by atoms with van der Waals surface area (Å²) in [5, 5.41) is 10.6. The number of aromatic nitrogens is 2. The maximum Gasteiger partial charge on any atom is 0.286 e. The Morgan fingerprint density at radius 3 is 2.94 bits per heavy atom. The van der Waals surface area contributed by atoms with Crippen LogP contribution >= 0.6 is 23.1 Å². The third-order valence-electron chi connectivity index (χ3n) is 1.96. The van der Waals surface area contributed by atoms with Gasteiger partial charge in [-0.2, -0.15) is 0 Å². The molecule has 0 atom stereocenters. The lowest BCUT2D eigenvalue weighted by atomic mass is 10.3. The molecule has 1 aromatic carbocycles. The lowest BCUT2D eigenvalue weighted by molar-refractivity contribution is 0.102. The first-order valence-electron chi connectivity index (χ1n) is 4.73. The highest BCUT2D eigenvalue weighted by atomic mass is 32.2. The third-order valence-corrected chi connectivity index (χ3v) is 3.44. The van der Waals surface area contributed by atoms with E-state index in [0.29, 0.717) is 0 Å². The van der Waals surface area contributed by atoms with E-state index in [0.717, 1.165) is 21.9 Å². The molecular weight excluding hydrogens is 256 g/mol. The minimum absolute atomic E-state index is 0.261. The van der Waals surface area contributed by atoms with Crippen molar-refractivity contribution in [3.63, 3.8) is 0 Å². The molecule has 0 aliphatic rings. The first kappa shape index (κ1) is 11.9. The van der Waals surface area contributed by atoms with Gasteiger partial charge in [-0.3, -0.25) is 4.79 Å². The Morgan fingerprint density at radius 2 is 2.29 bits per heavy atom. The van der Waals surface area contributed by atoms with E-state index in [1.807, 2.05) is 30.5 Å². The molecule has 17 heavy (non-hydrogen) atoms. The highest BCUT2D eigenvalue weighted by molar-refractivity contribution is 7.98. The van der Waals surface area contributed by atoms with Crippen LogP contribution in [0, 0.1) is 0 Å². The number of nitrogens with two attached hydrogens (primary N) is 1. The molecule has 0 bridgehead atoms. The molecule has 1 aromatic heterocycles. The minimum Gasteiger partial charge on any atom is -0.374 e. The van der Waals surface area contributed by atoms with Crippen molar-refractivity contribution in [1.82, 2.24) is 10.2 Å². The van der Waals surface area contributed by atoms with E-state index >= 15 is 0 Å². The number of anilines is 2. The highest BCUT2D eigenvalue weighted by Crippen LogP contribution is 2.20. The van der Waals surface area contributed by atoms with Crippen LogP contribution in [-0.2, 0) is 0 Å². The van der Waals surface area contributed by atoms with Gasteiger partial charge in [0.25, 0.3) is 5.91 Å². The number of hydrogen-bond acceptors (Lipinski definition) is 6. The van der Waals surface area contributed by atoms with Crippen molar-refractivity contribution < 1.29 is 4.79 Å². The molecule has 0 saturated carbocycles. The van der Waals surface area contributed by atoms with Crippen LogP contribution in [-0.4, -0.2) is 22.4 Å². The first-order valence-corrected chi connectivity index (χ1v) is 6.77. The van der Waals surface area contributed by atoms with Gasteiger partial charge in [-0.05, 0) is 24.5 Å². The second-order valence-electron chi connectivity index (χ2n) is 3.13. The van der Waals surface area contributed by atoms with Gasteiger partial charge in [-0.25, -0.2) is 0 Å². The smallest absolute Gasteiger partial charge is 0.286 e. The van der Waals surface area contributed by atoms with Gasteiger partial charge in [-0.1, -0.05) is 17.4 Å². The van der Waals surface area contributed by atoms with Crippen molar-refractivity contribution >= 4 is 39.8 Å². The van der Waals surface area contributed by atoms with Crippen LogP contribution in [0.25, 0.3) is 0 Å². The Bertz CT molecular complexity index is 541. The lowest BCUT2D eigenvalue weighted by Crippen LogP contribution is -2.11. The average Bonchev–Trinajstić information content (AvgIpc) is 2.76. The topological polar surface area (TPSA) is 80.9 Å². The molecule has 0 spiro atoms. The third kappa shape index (κ3) is 2.95. The van der Waals surface area contributed by atoms with E-state index in [1.165, 1.54) is 0 Å². The quantitative estimate of drug-likeness (QED) is 0.831. The molecule has 0 saturated heterocycles. The van der Waals surface area contributed by atoms with E-state index < -0.39 is 0 Å².